The lowest BCUT2D eigenvalue weighted by Crippen LogP contribution is -2.31. The van der Waals surface area contributed by atoms with E-state index in [1.165, 1.54) is 12.1 Å². The average Bonchev–Trinajstić information content (AvgIpc) is 2.79. The van der Waals surface area contributed by atoms with Crippen molar-refractivity contribution in [1.29, 1.82) is 0 Å². The minimum absolute atomic E-state index is 0.119. The van der Waals surface area contributed by atoms with Crippen LogP contribution < -0.4 is 10.6 Å². The van der Waals surface area contributed by atoms with Crippen LogP contribution >= 0.6 is 15.9 Å². The van der Waals surface area contributed by atoms with E-state index in [1.807, 2.05) is 13.0 Å². The van der Waals surface area contributed by atoms with Gasteiger partial charge in [-0.3, -0.25) is 0 Å². The van der Waals surface area contributed by atoms with Crippen LogP contribution in [-0.4, -0.2) is 6.03 Å². The van der Waals surface area contributed by atoms with Crippen molar-refractivity contribution in [3.8, 4) is 0 Å². The molecule has 2 amide bonds. The van der Waals surface area contributed by atoms with Crippen LogP contribution in [0.15, 0.2) is 39.2 Å². The summed E-state index contributed by atoms with van der Waals surface area (Å²) in [7, 11) is 0. The second-order valence-corrected chi connectivity index (χ2v) is 5.31. The molecule has 2 rings (SSSR count). The minimum atomic E-state index is -0.504. The lowest BCUT2D eigenvalue weighted by atomic mass is 10.2. The highest BCUT2D eigenvalue weighted by atomic mass is 79.9. The summed E-state index contributed by atoms with van der Waals surface area (Å²) in [6.07, 6.45) is 0. The summed E-state index contributed by atoms with van der Waals surface area (Å²) in [5.41, 5.74) is 0.119. The highest BCUT2D eigenvalue weighted by molar-refractivity contribution is 9.10. The molecule has 0 unspecified atom stereocenters. The first-order chi connectivity index (χ1) is 9.45. The molecule has 0 saturated heterocycles. The topological polar surface area (TPSA) is 54.3 Å². The minimum Gasteiger partial charge on any atom is -0.464 e. The number of hydrogen-bond donors (Lipinski definition) is 2. The Labute approximate surface area is 124 Å². The van der Waals surface area contributed by atoms with Gasteiger partial charge in [0, 0.05) is 4.47 Å². The number of anilines is 1. The molecule has 0 radical (unpaired) electrons. The molecule has 6 heteroatoms. The Kier molecular flexibility index (Phi) is 4.44. The zero-order chi connectivity index (χ0) is 14.7. The molecule has 1 heterocycles. The zero-order valence-corrected chi connectivity index (χ0v) is 12.6. The van der Waals surface area contributed by atoms with Crippen LogP contribution in [-0.2, 0) is 0 Å². The Hall–Kier alpha value is -1.82. The van der Waals surface area contributed by atoms with Gasteiger partial charge in [-0.15, -0.1) is 0 Å². The first kappa shape index (κ1) is 14.6. The maximum absolute atomic E-state index is 13.6. The van der Waals surface area contributed by atoms with Crippen molar-refractivity contribution >= 4 is 27.6 Å². The molecule has 0 saturated carbocycles. The number of carbonyl (C=O) groups is 1. The van der Waals surface area contributed by atoms with Crippen molar-refractivity contribution in [3.63, 3.8) is 0 Å². The molecule has 1 aromatic carbocycles. The third-order valence-corrected chi connectivity index (χ3v) is 3.21. The second-order valence-electron chi connectivity index (χ2n) is 4.39. The number of rotatable bonds is 3. The van der Waals surface area contributed by atoms with E-state index in [1.54, 1.807) is 19.1 Å². The van der Waals surface area contributed by atoms with E-state index < -0.39 is 11.8 Å². The molecule has 2 aromatic rings. The molecule has 1 aromatic heterocycles. The van der Waals surface area contributed by atoms with Crippen LogP contribution in [0.25, 0.3) is 0 Å². The smallest absolute Gasteiger partial charge is 0.319 e. The van der Waals surface area contributed by atoms with E-state index >= 15 is 0 Å². The number of nitrogens with one attached hydrogen (secondary N) is 2. The number of benzene rings is 1. The van der Waals surface area contributed by atoms with Crippen LogP contribution in [0.4, 0.5) is 14.9 Å². The monoisotopic (exact) mass is 340 g/mol. The fraction of sp³-hybridized carbons (Fsp3) is 0.214. The van der Waals surface area contributed by atoms with E-state index in [4.69, 9.17) is 4.42 Å². The number of aryl methyl sites for hydroxylation is 1. The quantitative estimate of drug-likeness (QED) is 0.871. The molecule has 0 fully saturated rings. The Morgan fingerprint density at radius 2 is 2.10 bits per heavy atom. The SMILES string of the molecule is Cc1ccc([C@H](C)NC(=O)Nc2ccc(Br)cc2F)o1. The molecular weight excluding hydrogens is 327 g/mol. The van der Waals surface area contributed by atoms with E-state index in [9.17, 15) is 9.18 Å². The Balaban J connectivity index is 1.98. The number of amides is 2. The van der Waals surface area contributed by atoms with Crippen LogP contribution in [0, 0.1) is 12.7 Å². The number of urea groups is 1. The Morgan fingerprint density at radius 3 is 2.70 bits per heavy atom. The molecule has 0 aliphatic heterocycles. The summed E-state index contributed by atoms with van der Waals surface area (Å²) in [4.78, 5) is 11.8. The fourth-order valence-corrected chi connectivity index (χ4v) is 2.04. The van der Waals surface area contributed by atoms with Gasteiger partial charge in [0.05, 0.1) is 11.7 Å². The van der Waals surface area contributed by atoms with Gasteiger partial charge in [0.15, 0.2) is 0 Å². The molecule has 2 N–H and O–H groups in total. The van der Waals surface area contributed by atoms with E-state index in [0.29, 0.717) is 10.2 Å². The molecule has 1 atom stereocenters. The number of carbonyl (C=O) groups excluding carboxylic acids is 1. The predicted molar refractivity (Wildman–Crippen MR) is 78.1 cm³/mol. The van der Waals surface area contributed by atoms with Crippen molar-refractivity contribution in [2.75, 3.05) is 5.32 Å². The zero-order valence-electron chi connectivity index (χ0n) is 11.0. The maximum atomic E-state index is 13.6. The average molecular weight is 341 g/mol. The summed E-state index contributed by atoms with van der Waals surface area (Å²) in [5, 5.41) is 5.13. The first-order valence-corrected chi connectivity index (χ1v) is 6.84. The maximum Gasteiger partial charge on any atom is 0.319 e. The Morgan fingerprint density at radius 1 is 1.35 bits per heavy atom. The van der Waals surface area contributed by atoms with Gasteiger partial charge in [-0.05, 0) is 44.2 Å². The molecular formula is C14H14BrFN2O2. The summed E-state index contributed by atoms with van der Waals surface area (Å²) in [5.74, 6) is 0.915. The van der Waals surface area contributed by atoms with Crippen molar-refractivity contribution in [1.82, 2.24) is 5.32 Å². The van der Waals surface area contributed by atoms with Crippen molar-refractivity contribution in [2.45, 2.75) is 19.9 Å². The van der Waals surface area contributed by atoms with Gasteiger partial charge in [0.25, 0.3) is 0 Å². The largest absolute Gasteiger partial charge is 0.464 e. The normalized spacial score (nSPS) is 12.0. The van der Waals surface area contributed by atoms with Crippen molar-refractivity contribution in [3.05, 3.63) is 52.1 Å². The number of halogens is 2. The van der Waals surface area contributed by atoms with Crippen molar-refractivity contribution < 1.29 is 13.6 Å². The summed E-state index contributed by atoms with van der Waals surface area (Å²) < 4.78 is 19.6. The van der Waals surface area contributed by atoms with Crippen molar-refractivity contribution in [2.24, 2.45) is 0 Å². The van der Waals surface area contributed by atoms with Gasteiger partial charge in [0.1, 0.15) is 17.3 Å². The lowest BCUT2D eigenvalue weighted by molar-refractivity contribution is 0.247. The van der Waals surface area contributed by atoms with Gasteiger partial charge >= 0.3 is 6.03 Å². The first-order valence-electron chi connectivity index (χ1n) is 6.04. The van der Waals surface area contributed by atoms with Crippen LogP contribution in [0.1, 0.15) is 24.5 Å². The third kappa shape index (κ3) is 3.60. The van der Waals surface area contributed by atoms with Gasteiger partial charge in [-0.2, -0.15) is 0 Å². The molecule has 20 heavy (non-hydrogen) atoms. The molecule has 0 bridgehead atoms. The summed E-state index contributed by atoms with van der Waals surface area (Å²) in [6.45, 7) is 3.61. The molecule has 0 spiro atoms. The van der Waals surface area contributed by atoms with Gasteiger partial charge < -0.3 is 15.1 Å². The van der Waals surface area contributed by atoms with E-state index in [2.05, 4.69) is 26.6 Å². The highest BCUT2D eigenvalue weighted by Gasteiger charge is 2.14. The number of hydrogen-bond acceptors (Lipinski definition) is 2. The molecule has 4 nitrogen and oxygen atoms in total. The molecule has 106 valence electrons. The second kappa shape index (κ2) is 6.09. The van der Waals surface area contributed by atoms with E-state index in [0.717, 1.165) is 5.76 Å². The standard InChI is InChI=1S/C14H14BrFN2O2/c1-8-3-6-13(20-8)9(2)17-14(19)18-12-5-4-10(15)7-11(12)16/h3-7,9H,1-2H3,(H2,17,18,19)/t9-/m0/s1. The lowest BCUT2D eigenvalue weighted by Gasteiger charge is -2.13. The van der Waals surface area contributed by atoms with Gasteiger partial charge in [0.2, 0.25) is 0 Å². The van der Waals surface area contributed by atoms with Crippen LogP contribution in [0.5, 0.6) is 0 Å². The number of furan rings is 1. The van der Waals surface area contributed by atoms with Gasteiger partial charge in [-0.25, -0.2) is 9.18 Å². The predicted octanol–water partition coefficient (Wildman–Crippen LogP) is 4.37. The van der Waals surface area contributed by atoms with Crippen LogP contribution in [0.2, 0.25) is 0 Å². The summed E-state index contributed by atoms with van der Waals surface area (Å²) >= 11 is 3.15. The van der Waals surface area contributed by atoms with Gasteiger partial charge in [-0.1, -0.05) is 15.9 Å². The molecule has 0 aliphatic rings. The third-order valence-electron chi connectivity index (χ3n) is 2.71. The molecule has 0 aliphatic carbocycles. The van der Waals surface area contributed by atoms with E-state index in [-0.39, 0.29) is 11.7 Å². The fourth-order valence-electron chi connectivity index (χ4n) is 1.70. The highest BCUT2D eigenvalue weighted by Crippen LogP contribution is 2.20. The summed E-state index contributed by atoms with van der Waals surface area (Å²) in [6, 6.07) is 7.24. The Bertz CT molecular complexity index is 627. The van der Waals surface area contributed by atoms with Crippen LogP contribution in [0.3, 0.4) is 0 Å².